The van der Waals surface area contributed by atoms with Crippen LogP contribution in [-0.2, 0) is 6.54 Å². The molecule has 3 nitrogen and oxygen atoms in total. The summed E-state index contributed by atoms with van der Waals surface area (Å²) in [6.45, 7) is 1.11. The highest BCUT2D eigenvalue weighted by atomic mass is 32.1. The van der Waals surface area contributed by atoms with Gasteiger partial charge in [-0.1, -0.05) is 12.1 Å². The van der Waals surface area contributed by atoms with Gasteiger partial charge in [0.05, 0.1) is 17.6 Å². The van der Waals surface area contributed by atoms with E-state index in [1.54, 1.807) is 12.1 Å². The Bertz CT molecular complexity index is 776. The fourth-order valence-corrected chi connectivity index (χ4v) is 2.41. The molecule has 1 aromatic heterocycles. The zero-order valence-corrected chi connectivity index (χ0v) is 11.5. The Morgan fingerprint density at radius 3 is 2.65 bits per heavy atom. The van der Waals surface area contributed by atoms with Crippen LogP contribution in [0.5, 0.6) is 5.75 Å². The summed E-state index contributed by atoms with van der Waals surface area (Å²) >= 11 is 5.30. The van der Waals surface area contributed by atoms with E-state index in [1.165, 1.54) is 12.1 Å². The molecule has 0 aliphatic heterocycles. The summed E-state index contributed by atoms with van der Waals surface area (Å²) in [6.07, 6.45) is 0. The molecule has 0 spiro atoms. The number of fused-ring (bicyclic) bond motifs is 1. The predicted molar refractivity (Wildman–Crippen MR) is 79.0 cm³/mol. The van der Waals surface area contributed by atoms with Gasteiger partial charge in [-0.2, -0.15) is 0 Å². The van der Waals surface area contributed by atoms with Crippen molar-refractivity contribution in [1.82, 2.24) is 9.55 Å². The number of hydrogen-bond donors (Lipinski definition) is 1. The van der Waals surface area contributed by atoms with E-state index in [1.807, 2.05) is 28.8 Å². The highest BCUT2D eigenvalue weighted by molar-refractivity contribution is 7.71. The van der Waals surface area contributed by atoms with Crippen molar-refractivity contribution >= 4 is 23.3 Å². The average molecular weight is 288 g/mol. The lowest BCUT2D eigenvalue weighted by molar-refractivity contribution is 0.299. The van der Waals surface area contributed by atoms with E-state index < -0.39 is 0 Å². The Morgan fingerprint density at radius 2 is 1.85 bits per heavy atom. The monoisotopic (exact) mass is 288 g/mol. The van der Waals surface area contributed by atoms with Crippen molar-refractivity contribution in [2.45, 2.75) is 6.54 Å². The number of aromatic amines is 1. The van der Waals surface area contributed by atoms with Crippen LogP contribution in [0.2, 0.25) is 0 Å². The Morgan fingerprint density at radius 1 is 1.10 bits per heavy atom. The molecule has 0 aliphatic rings. The maximum Gasteiger partial charge on any atom is 0.178 e. The number of ether oxygens (including phenoxy) is 1. The molecule has 0 unspecified atom stereocenters. The number of para-hydroxylation sites is 2. The number of benzene rings is 2. The van der Waals surface area contributed by atoms with Crippen molar-refractivity contribution in [1.29, 1.82) is 0 Å². The Balaban J connectivity index is 1.72. The number of imidazole rings is 1. The first-order valence-corrected chi connectivity index (χ1v) is 6.71. The molecule has 20 heavy (non-hydrogen) atoms. The maximum absolute atomic E-state index is 12.8. The Kier molecular flexibility index (Phi) is 3.52. The lowest BCUT2D eigenvalue weighted by atomic mass is 10.3. The van der Waals surface area contributed by atoms with E-state index >= 15 is 0 Å². The minimum Gasteiger partial charge on any atom is -0.492 e. The number of hydrogen-bond acceptors (Lipinski definition) is 2. The van der Waals surface area contributed by atoms with E-state index in [9.17, 15) is 4.39 Å². The van der Waals surface area contributed by atoms with Crippen LogP contribution in [0.25, 0.3) is 11.0 Å². The fourth-order valence-electron chi connectivity index (χ4n) is 2.11. The first-order valence-electron chi connectivity index (χ1n) is 6.30. The van der Waals surface area contributed by atoms with Gasteiger partial charge < -0.3 is 14.3 Å². The van der Waals surface area contributed by atoms with Crippen molar-refractivity contribution in [3.63, 3.8) is 0 Å². The van der Waals surface area contributed by atoms with Gasteiger partial charge in [-0.15, -0.1) is 0 Å². The highest BCUT2D eigenvalue weighted by Gasteiger charge is 2.03. The maximum atomic E-state index is 12.8. The average Bonchev–Trinajstić information content (AvgIpc) is 2.77. The van der Waals surface area contributed by atoms with Crippen molar-refractivity contribution in [2.24, 2.45) is 0 Å². The van der Waals surface area contributed by atoms with E-state index in [2.05, 4.69) is 4.98 Å². The van der Waals surface area contributed by atoms with Crippen LogP contribution in [-0.4, -0.2) is 16.2 Å². The molecule has 3 rings (SSSR count). The molecule has 0 atom stereocenters. The number of aromatic nitrogens is 2. The summed E-state index contributed by atoms with van der Waals surface area (Å²) in [4.78, 5) is 3.16. The normalized spacial score (nSPS) is 10.8. The van der Waals surface area contributed by atoms with Gasteiger partial charge in [0, 0.05) is 0 Å². The van der Waals surface area contributed by atoms with Gasteiger partial charge >= 0.3 is 0 Å². The quantitative estimate of drug-likeness (QED) is 0.738. The molecular weight excluding hydrogens is 275 g/mol. The second-order valence-corrected chi connectivity index (χ2v) is 4.79. The summed E-state index contributed by atoms with van der Waals surface area (Å²) in [6, 6.07) is 13.9. The summed E-state index contributed by atoms with van der Waals surface area (Å²) in [7, 11) is 0. The molecule has 0 aliphatic carbocycles. The third kappa shape index (κ3) is 2.58. The van der Waals surface area contributed by atoms with Crippen LogP contribution in [0.1, 0.15) is 0 Å². The lowest BCUT2D eigenvalue weighted by Crippen LogP contribution is -2.08. The molecule has 0 amide bonds. The molecule has 1 N–H and O–H groups in total. The van der Waals surface area contributed by atoms with Crippen LogP contribution in [0, 0.1) is 10.6 Å². The summed E-state index contributed by atoms with van der Waals surface area (Å²) < 4.78 is 21.0. The molecular formula is C15H13FN2OS. The number of nitrogens with zero attached hydrogens (tertiary/aromatic N) is 1. The van der Waals surface area contributed by atoms with Crippen molar-refractivity contribution < 1.29 is 9.13 Å². The molecule has 102 valence electrons. The number of halogens is 1. The summed E-state index contributed by atoms with van der Waals surface area (Å²) in [5.41, 5.74) is 2.07. The zero-order valence-electron chi connectivity index (χ0n) is 10.7. The largest absolute Gasteiger partial charge is 0.492 e. The van der Waals surface area contributed by atoms with Gasteiger partial charge in [0.25, 0.3) is 0 Å². The van der Waals surface area contributed by atoms with Crippen molar-refractivity contribution in [2.75, 3.05) is 6.61 Å². The van der Waals surface area contributed by atoms with Gasteiger partial charge in [0.2, 0.25) is 0 Å². The minimum atomic E-state index is -0.267. The minimum absolute atomic E-state index is 0.267. The van der Waals surface area contributed by atoms with Crippen LogP contribution < -0.4 is 4.74 Å². The second-order valence-electron chi connectivity index (χ2n) is 4.40. The molecule has 0 saturated heterocycles. The number of nitrogens with one attached hydrogen (secondary N) is 1. The second kappa shape index (κ2) is 5.46. The summed E-state index contributed by atoms with van der Waals surface area (Å²) in [5, 5.41) is 0. The molecule has 0 radical (unpaired) electrons. The van der Waals surface area contributed by atoms with Gasteiger partial charge in [0.15, 0.2) is 4.77 Å². The Labute approximate surface area is 120 Å². The van der Waals surface area contributed by atoms with Gasteiger partial charge in [-0.3, -0.25) is 0 Å². The Hall–Kier alpha value is -2.14. The standard InChI is InChI=1S/C15H13FN2OS/c16-11-5-7-12(8-6-11)19-10-9-18-14-4-2-1-3-13(14)17-15(18)20/h1-8H,9-10H2,(H,17,20). The van der Waals surface area contributed by atoms with Crippen molar-refractivity contribution in [3.05, 3.63) is 59.1 Å². The van der Waals surface area contributed by atoms with Gasteiger partial charge in [0.1, 0.15) is 18.2 Å². The number of H-pyrrole nitrogens is 1. The van der Waals surface area contributed by atoms with Crippen molar-refractivity contribution in [3.8, 4) is 5.75 Å². The van der Waals surface area contributed by atoms with E-state index in [0.717, 1.165) is 11.0 Å². The first kappa shape index (κ1) is 12.9. The third-order valence-electron chi connectivity index (χ3n) is 3.08. The highest BCUT2D eigenvalue weighted by Crippen LogP contribution is 2.14. The third-order valence-corrected chi connectivity index (χ3v) is 3.40. The topological polar surface area (TPSA) is 29.9 Å². The van der Waals surface area contributed by atoms with Gasteiger partial charge in [-0.25, -0.2) is 4.39 Å². The molecule has 0 saturated carbocycles. The van der Waals surface area contributed by atoms with Crippen LogP contribution in [0.3, 0.4) is 0 Å². The van der Waals surface area contributed by atoms with Crippen LogP contribution in [0.15, 0.2) is 48.5 Å². The van der Waals surface area contributed by atoms with E-state index in [4.69, 9.17) is 17.0 Å². The molecule has 0 fully saturated rings. The molecule has 2 aromatic carbocycles. The number of rotatable bonds is 4. The zero-order chi connectivity index (χ0) is 13.9. The van der Waals surface area contributed by atoms with E-state index in [0.29, 0.717) is 23.7 Å². The van der Waals surface area contributed by atoms with Crippen LogP contribution in [0.4, 0.5) is 4.39 Å². The smallest absolute Gasteiger partial charge is 0.178 e. The van der Waals surface area contributed by atoms with Gasteiger partial charge in [-0.05, 0) is 48.6 Å². The predicted octanol–water partition coefficient (Wildman–Crippen LogP) is 3.92. The van der Waals surface area contributed by atoms with E-state index in [-0.39, 0.29) is 5.82 Å². The molecule has 1 heterocycles. The fraction of sp³-hybridized carbons (Fsp3) is 0.133. The summed E-state index contributed by atoms with van der Waals surface area (Å²) in [5.74, 6) is 0.383. The molecule has 3 aromatic rings. The first-order chi connectivity index (χ1) is 9.74. The lowest BCUT2D eigenvalue weighted by Gasteiger charge is -2.07. The van der Waals surface area contributed by atoms with Crippen LogP contribution >= 0.6 is 12.2 Å². The SMILES string of the molecule is Fc1ccc(OCCn2c(=S)[nH]c3ccccc32)cc1. The molecule has 0 bridgehead atoms. The molecule has 5 heteroatoms.